The van der Waals surface area contributed by atoms with E-state index in [0.717, 1.165) is 0 Å². The summed E-state index contributed by atoms with van der Waals surface area (Å²) in [5.41, 5.74) is 0.678. The molecule has 9 heteroatoms. The zero-order valence-corrected chi connectivity index (χ0v) is 14.8. The summed E-state index contributed by atoms with van der Waals surface area (Å²) in [4.78, 5) is 12.2. The first-order chi connectivity index (χ1) is 11.7. The number of ether oxygens (including phenoxy) is 1. The van der Waals surface area contributed by atoms with E-state index < -0.39 is 22.0 Å². The number of rotatable bonds is 6. The van der Waals surface area contributed by atoms with Crippen molar-refractivity contribution >= 4 is 27.5 Å². The fourth-order valence-electron chi connectivity index (χ4n) is 2.14. The molecule has 0 aliphatic carbocycles. The fraction of sp³-hybridized carbons (Fsp3) is 0.188. The molecule has 134 valence electrons. The van der Waals surface area contributed by atoms with E-state index in [1.165, 1.54) is 37.4 Å². The SMILES string of the molecule is COc1ccc(Cl)cc1C(=O)NCC(O)c1ccc(S(N)(=O)=O)cc1. The smallest absolute Gasteiger partial charge is 0.255 e. The van der Waals surface area contributed by atoms with Gasteiger partial charge in [0.1, 0.15) is 5.75 Å². The second-order valence-corrected chi connectivity index (χ2v) is 7.18. The molecule has 0 aliphatic heterocycles. The van der Waals surface area contributed by atoms with Gasteiger partial charge in [-0.2, -0.15) is 0 Å². The van der Waals surface area contributed by atoms with Crippen LogP contribution in [0.25, 0.3) is 0 Å². The largest absolute Gasteiger partial charge is 0.496 e. The number of carbonyl (C=O) groups is 1. The molecule has 0 saturated carbocycles. The molecule has 1 atom stereocenters. The van der Waals surface area contributed by atoms with Gasteiger partial charge in [-0.15, -0.1) is 0 Å². The van der Waals surface area contributed by atoms with Crippen molar-refractivity contribution in [3.63, 3.8) is 0 Å². The predicted octanol–water partition coefficient (Wildman–Crippen LogP) is 1.46. The van der Waals surface area contributed by atoms with Gasteiger partial charge < -0.3 is 15.2 Å². The minimum atomic E-state index is -3.80. The number of nitrogens with two attached hydrogens (primary N) is 1. The normalized spacial score (nSPS) is 12.5. The lowest BCUT2D eigenvalue weighted by atomic mass is 10.1. The molecule has 1 amide bonds. The molecule has 2 aromatic rings. The molecule has 7 nitrogen and oxygen atoms in total. The van der Waals surface area contributed by atoms with Crippen molar-refractivity contribution in [2.45, 2.75) is 11.0 Å². The first-order valence-electron chi connectivity index (χ1n) is 7.15. The number of hydrogen-bond donors (Lipinski definition) is 3. The number of primary sulfonamides is 1. The van der Waals surface area contributed by atoms with Gasteiger partial charge in [-0.25, -0.2) is 13.6 Å². The summed E-state index contributed by atoms with van der Waals surface area (Å²) in [5.74, 6) is -0.103. The minimum Gasteiger partial charge on any atom is -0.496 e. The lowest BCUT2D eigenvalue weighted by Crippen LogP contribution is -2.28. The first-order valence-corrected chi connectivity index (χ1v) is 9.07. The zero-order chi connectivity index (χ0) is 18.6. The van der Waals surface area contributed by atoms with Crippen molar-refractivity contribution in [1.82, 2.24) is 5.32 Å². The van der Waals surface area contributed by atoms with Crippen molar-refractivity contribution in [3.05, 3.63) is 58.6 Å². The van der Waals surface area contributed by atoms with E-state index in [-0.39, 0.29) is 17.0 Å². The van der Waals surface area contributed by atoms with Crippen LogP contribution in [0.4, 0.5) is 0 Å². The number of methoxy groups -OCH3 is 1. The molecule has 0 radical (unpaired) electrons. The number of hydrogen-bond acceptors (Lipinski definition) is 5. The Kier molecular flexibility index (Phi) is 6.02. The van der Waals surface area contributed by atoms with Crippen LogP contribution in [0.3, 0.4) is 0 Å². The van der Waals surface area contributed by atoms with Gasteiger partial charge in [-0.1, -0.05) is 23.7 Å². The number of aliphatic hydroxyl groups excluding tert-OH is 1. The maximum atomic E-state index is 12.2. The Morgan fingerprint density at radius 2 is 1.92 bits per heavy atom. The minimum absolute atomic E-state index is 0.0591. The quantitative estimate of drug-likeness (QED) is 0.696. The van der Waals surface area contributed by atoms with Crippen LogP contribution in [0.5, 0.6) is 5.75 Å². The molecule has 1 unspecified atom stereocenters. The number of benzene rings is 2. The molecular weight excluding hydrogens is 368 g/mol. The highest BCUT2D eigenvalue weighted by Crippen LogP contribution is 2.23. The molecule has 0 saturated heterocycles. The van der Waals surface area contributed by atoms with Gasteiger partial charge in [-0.3, -0.25) is 4.79 Å². The van der Waals surface area contributed by atoms with Crippen molar-refractivity contribution in [1.29, 1.82) is 0 Å². The standard InChI is InChI=1S/C16H17ClN2O5S/c1-24-15-7-4-11(17)8-13(15)16(21)19-9-14(20)10-2-5-12(6-3-10)25(18,22)23/h2-8,14,20H,9H2,1H3,(H,19,21)(H2,18,22,23). The molecule has 0 aliphatic rings. The fourth-order valence-corrected chi connectivity index (χ4v) is 2.83. The number of amides is 1. The average molecular weight is 385 g/mol. The predicted molar refractivity (Wildman–Crippen MR) is 93.1 cm³/mol. The molecule has 0 fully saturated rings. The third-order valence-electron chi connectivity index (χ3n) is 3.46. The van der Waals surface area contributed by atoms with E-state index >= 15 is 0 Å². The summed E-state index contributed by atoms with van der Waals surface area (Å²) in [6, 6.07) is 10.1. The van der Waals surface area contributed by atoms with Crippen LogP contribution in [0.2, 0.25) is 5.02 Å². The number of sulfonamides is 1. The maximum absolute atomic E-state index is 12.2. The molecule has 2 rings (SSSR count). The van der Waals surface area contributed by atoms with Gasteiger partial charge in [0.15, 0.2) is 0 Å². The zero-order valence-electron chi connectivity index (χ0n) is 13.3. The molecule has 0 bridgehead atoms. The van der Waals surface area contributed by atoms with Crippen molar-refractivity contribution in [3.8, 4) is 5.75 Å². The third kappa shape index (κ3) is 4.93. The number of carbonyl (C=O) groups excluding carboxylic acids is 1. The Morgan fingerprint density at radius 3 is 2.48 bits per heavy atom. The summed E-state index contributed by atoms with van der Waals surface area (Å²) < 4.78 is 27.5. The van der Waals surface area contributed by atoms with Gasteiger partial charge in [-0.05, 0) is 35.9 Å². The summed E-state index contributed by atoms with van der Waals surface area (Å²) in [5, 5.41) is 18.1. The van der Waals surface area contributed by atoms with E-state index in [9.17, 15) is 18.3 Å². The van der Waals surface area contributed by atoms with Crippen molar-refractivity contribution in [2.24, 2.45) is 5.14 Å². The molecule has 0 aromatic heterocycles. The highest BCUT2D eigenvalue weighted by Gasteiger charge is 2.16. The van der Waals surface area contributed by atoms with Gasteiger partial charge in [0.2, 0.25) is 10.0 Å². The van der Waals surface area contributed by atoms with Gasteiger partial charge in [0.05, 0.1) is 23.7 Å². The Hall–Kier alpha value is -2.13. The lowest BCUT2D eigenvalue weighted by Gasteiger charge is -2.14. The van der Waals surface area contributed by atoms with Crippen LogP contribution < -0.4 is 15.2 Å². The summed E-state index contributed by atoms with van der Waals surface area (Å²) >= 11 is 5.88. The Bertz CT molecular complexity index is 869. The van der Waals surface area contributed by atoms with Gasteiger partial charge >= 0.3 is 0 Å². The second kappa shape index (κ2) is 7.83. The van der Waals surface area contributed by atoms with Crippen LogP contribution in [-0.4, -0.2) is 33.1 Å². The Labute approximate surface area is 150 Å². The summed E-state index contributed by atoms with van der Waals surface area (Å²) in [7, 11) is -2.36. The number of nitrogens with one attached hydrogen (secondary N) is 1. The lowest BCUT2D eigenvalue weighted by molar-refractivity contribution is 0.0913. The average Bonchev–Trinajstić information content (AvgIpc) is 2.58. The van der Waals surface area contributed by atoms with E-state index in [4.69, 9.17) is 21.5 Å². The summed E-state index contributed by atoms with van der Waals surface area (Å²) in [6.07, 6.45) is -1.02. The van der Waals surface area contributed by atoms with Crippen molar-refractivity contribution < 1.29 is 23.1 Å². The van der Waals surface area contributed by atoms with Crippen LogP contribution in [0.1, 0.15) is 22.0 Å². The molecule has 0 spiro atoms. The number of aliphatic hydroxyl groups is 1. The van der Waals surface area contributed by atoms with E-state index in [2.05, 4.69) is 5.32 Å². The van der Waals surface area contributed by atoms with E-state index in [0.29, 0.717) is 16.3 Å². The Morgan fingerprint density at radius 1 is 1.28 bits per heavy atom. The molecule has 0 heterocycles. The molecular formula is C16H17ClN2O5S. The van der Waals surface area contributed by atoms with Gasteiger partial charge in [0.25, 0.3) is 5.91 Å². The summed E-state index contributed by atoms with van der Waals surface area (Å²) in [6.45, 7) is -0.0801. The van der Waals surface area contributed by atoms with Crippen LogP contribution in [0, 0.1) is 0 Å². The van der Waals surface area contributed by atoms with Crippen LogP contribution in [0.15, 0.2) is 47.4 Å². The topological polar surface area (TPSA) is 119 Å². The number of halogens is 1. The monoisotopic (exact) mass is 384 g/mol. The maximum Gasteiger partial charge on any atom is 0.255 e. The van der Waals surface area contributed by atoms with E-state index in [1.54, 1.807) is 12.1 Å². The van der Waals surface area contributed by atoms with Gasteiger partial charge in [0, 0.05) is 11.6 Å². The first kappa shape index (κ1) is 19.2. The van der Waals surface area contributed by atoms with Crippen LogP contribution in [-0.2, 0) is 10.0 Å². The Balaban J connectivity index is 2.06. The third-order valence-corrected chi connectivity index (χ3v) is 4.62. The molecule has 4 N–H and O–H groups in total. The highest BCUT2D eigenvalue weighted by atomic mass is 35.5. The van der Waals surface area contributed by atoms with Crippen LogP contribution >= 0.6 is 11.6 Å². The second-order valence-electron chi connectivity index (χ2n) is 5.18. The molecule has 2 aromatic carbocycles. The van der Waals surface area contributed by atoms with Crippen molar-refractivity contribution in [2.75, 3.05) is 13.7 Å². The highest BCUT2D eigenvalue weighted by molar-refractivity contribution is 7.89. The van der Waals surface area contributed by atoms with E-state index in [1.807, 2.05) is 0 Å². The molecule has 25 heavy (non-hydrogen) atoms.